The molecule has 3 nitrogen and oxygen atoms in total. The lowest BCUT2D eigenvalue weighted by Crippen LogP contribution is -2.31. The first-order valence-corrected chi connectivity index (χ1v) is 6.14. The number of halogens is 3. The number of likely N-dealkylation sites (N-methyl/N-ethyl adjacent to an activating group) is 1. The maximum atomic E-state index is 12.9. The molecule has 104 valence electrons. The van der Waals surface area contributed by atoms with Crippen LogP contribution in [0.25, 0.3) is 0 Å². The second-order valence-electron chi connectivity index (χ2n) is 4.52. The standard InChI is InChI=1S/C13H15F3N2O/c1-2-17-7-8-6-11(19)18-12-9(8)4-3-5-10(12)13(14,15)16/h3-5,8,17H,2,6-7H2,1H3,(H,18,19). The third-order valence-electron chi connectivity index (χ3n) is 3.18. The van der Waals surface area contributed by atoms with E-state index in [-0.39, 0.29) is 23.9 Å². The Balaban J connectivity index is 2.43. The number of benzene rings is 1. The lowest BCUT2D eigenvalue weighted by Gasteiger charge is -2.28. The van der Waals surface area contributed by atoms with Crippen molar-refractivity contribution in [2.24, 2.45) is 0 Å². The molecule has 0 saturated heterocycles. The highest BCUT2D eigenvalue weighted by Gasteiger charge is 2.37. The molecule has 1 aliphatic heterocycles. The topological polar surface area (TPSA) is 41.1 Å². The molecule has 2 rings (SSSR count). The minimum absolute atomic E-state index is 0.0887. The fourth-order valence-corrected chi connectivity index (χ4v) is 2.31. The van der Waals surface area contributed by atoms with E-state index >= 15 is 0 Å². The Hall–Kier alpha value is -1.56. The zero-order valence-corrected chi connectivity index (χ0v) is 10.5. The molecule has 0 bridgehead atoms. The van der Waals surface area contributed by atoms with E-state index in [4.69, 9.17) is 0 Å². The van der Waals surface area contributed by atoms with Gasteiger partial charge in [-0.25, -0.2) is 0 Å². The summed E-state index contributed by atoms with van der Waals surface area (Å²) in [5, 5.41) is 5.43. The molecule has 1 unspecified atom stereocenters. The van der Waals surface area contributed by atoms with Crippen LogP contribution in [0.15, 0.2) is 18.2 Å². The zero-order chi connectivity index (χ0) is 14.0. The number of amides is 1. The third kappa shape index (κ3) is 2.89. The lowest BCUT2D eigenvalue weighted by atomic mass is 9.88. The summed E-state index contributed by atoms with van der Waals surface area (Å²) in [6, 6.07) is 4.03. The van der Waals surface area contributed by atoms with Crippen molar-refractivity contribution >= 4 is 11.6 Å². The van der Waals surface area contributed by atoms with Crippen LogP contribution in [0.5, 0.6) is 0 Å². The van der Waals surface area contributed by atoms with E-state index in [1.807, 2.05) is 6.92 Å². The molecule has 0 aliphatic carbocycles. The van der Waals surface area contributed by atoms with Gasteiger partial charge in [-0.3, -0.25) is 4.79 Å². The van der Waals surface area contributed by atoms with Crippen LogP contribution in [-0.2, 0) is 11.0 Å². The molecule has 6 heteroatoms. The van der Waals surface area contributed by atoms with Gasteiger partial charge >= 0.3 is 6.18 Å². The number of alkyl halides is 3. The summed E-state index contributed by atoms with van der Waals surface area (Å²) < 4.78 is 38.7. The Kier molecular flexibility index (Phi) is 3.80. The number of hydrogen-bond donors (Lipinski definition) is 2. The average Bonchev–Trinajstić information content (AvgIpc) is 2.33. The maximum absolute atomic E-state index is 12.9. The first-order chi connectivity index (χ1) is 8.93. The fourth-order valence-electron chi connectivity index (χ4n) is 2.31. The molecule has 0 fully saturated rings. The van der Waals surface area contributed by atoms with Gasteiger partial charge in [-0.05, 0) is 18.2 Å². The summed E-state index contributed by atoms with van der Waals surface area (Å²) >= 11 is 0. The highest BCUT2D eigenvalue weighted by atomic mass is 19.4. The summed E-state index contributed by atoms with van der Waals surface area (Å²) in [5.74, 6) is -0.585. The van der Waals surface area contributed by atoms with Gasteiger partial charge < -0.3 is 10.6 Å². The van der Waals surface area contributed by atoms with Crippen molar-refractivity contribution in [2.75, 3.05) is 18.4 Å². The first kappa shape index (κ1) is 13.9. The van der Waals surface area contributed by atoms with Gasteiger partial charge in [-0.2, -0.15) is 13.2 Å². The minimum atomic E-state index is -4.46. The largest absolute Gasteiger partial charge is 0.418 e. The smallest absolute Gasteiger partial charge is 0.325 e. The number of para-hydroxylation sites is 1. The number of anilines is 1. The molecule has 0 radical (unpaired) electrons. The van der Waals surface area contributed by atoms with Crippen LogP contribution >= 0.6 is 0 Å². The normalized spacial score (nSPS) is 18.9. The Labute approximate surface area is 109 Å². The molecule has 0 saturated carbocycles. The molecule has 1 aromatic rings. The van der Waals surface area contributed by atoms with Gasteiger partial charge in [0.25, 0.3) is 0 Å². The van der Waals surface area contributed by atoms with Crippen LogP contribution in [0.3, 0.4) is 0 Å². The Bertz CT molecular complexity index is 485. The van der Waals surface area contributed by atoms with E-state index in [2.05, 4.69) is 10.6 Å². The van der Waals surface area contributed by atoms with Gasteiger partial charge in [0, 0.05) is 18.9 Å². The summed E-state index contributed by atoms with van der Waals surface area (Å²) in [5.41, 5.74) is -0.316. The van der Waals surface area contributed by atoms with Gasteiger partial charge in [0.2, 0.25) is 5.91 Å². The second-order valence-corrected chi connectivity index (χ2v) is 4.52. The van der Waals surface area contributed by atoms with Crippen LogP contribution in [-0.4, -0.2) is 19.0 Å². The van der Waals surface area contributed by atoms with Crippen molar-refractivity contribution in [3.8, 4) is 0 Å². The molecule has 0 spiro atoms. The number of rotatable bonds is 3. The fraction of sp³-hybridized carbons (Fsp3) is 0.462. The highest BCUT2D eigenvalue weighted by Crippen LogP contribution is 2.41. The van der Waals surface area contributed by atoms with Crippen molar-refractivity contribution in [3.05, 3.63) is 29.3 Å². The summed E-state index contributed by atoms with van der Waals surface area (Å²) in [6.07, 6.45) is -4.25. The van der Waals surface area contributed by atoms with Crippen molar-refractivity contribution < 1.29 is 18.0 Å². The summed E-state index contributed by atoms with van der Waals surface area (Å²) in [4.78, 5) is 11.6. The Morgan fingerprint density at radius 3 is 2.79 bits per heavy atom. The van der Waals surface area contributed by atoms with E-state index in [0.717, 1.165) is 6.07 Å². The SMILES string of the molecule is CCNCC1CC(=O)Nc2c1cccc2C(F)(F)F. The van der Waals surface area contributed by atoms with Gasteiger partial charge in [-0.15, -0.1) is 0 Å². The molecule has 0 aromatic heterocycles. The number of hydrogen-bond acceptors (Lipinski definition) is 2. The predicted octanol–water partition coefficient (Wildman–Crippen LogP) is 2.74. The van der Waals surface area contributed by atoms with E-state index in [9.17, 15) is 18.0 Å². The van der Waals surface area contributed by atoms with Crippen LogP contribution in [0.4, 0.5) is 18.9 Å². The quantitative estimate of drug-likeness (QED) is 0.888. The first-order valence-electron chi connectivity index (χ1n) is 6.14. The van der Waals surface area contributed by atoms with E-state index < -0.39 is 11.7 Å². The van der Waals surface area contributed by atoms with E-state index in [0.29, 0.717) is 18.7 Å². The van der Waals surface area contributed by atoms with E-state index in [1.165, 1.54) is 6.07 Å². The van der Waals surface area contributed by atoms with Gasteiger partial charge in [0.15, 0.2) is 0 Å². The molecule has 1 aliphatic rings. The number of carbonyl (C=O) groups excluding carboxylic acids is 1. The molecular formula is C13H15F3N2O. The summed E-state index contributed by atoms with van der Waals surface area (Å²) in [6.45, 7) is 3.13. The molecular weight excluding hydrogens is 257 g/mol. The number of carbonyl (C=O) groups is 1. The minimum Gasteiger partial charge on any atom is -0.325 e. The molecule has 1 aromatic carbocycles. The zero-order valence-electron chi connectivity index (χ0n) is 10.5. The molecule has 19 heavy (non-hydrogen) atoms. The van der Waals surface area contributed by atoms with Gasteiger partial charge in [0.05, 0.1) is 11.3 Å². The maximum Gasteiger partial charge on any atom is 0.418 e. The molecule has 2 N–H and O–H groups in total. The van der Waals surface area contributed by atoms with Crippen molar-refractivity contribution in [2.45, 2.75) is 25.4 Å². The second kappa shape index (κ2) is 5.21. The third-order valence-corrected chi connectivity index (χ3v) is 3.18. The predicted molar refractivity (Wildman–Crippen MR) is 66.0 cm³/mol. The Morgan fingerprint density at radius 1 is 1.42 bits per heavy atom. The number of fused-ring (bicyclic) bond motifs is 1. The average molecular weight is 272 g/mol. The lowest BCUT2D eigenvalue weighted by molar-refractivity contribution is -0.137. The Morgan fingerprint density at radius 2 is 2.16 bits per heavy atom. The summed E-state index contributed by atoms with van der Waals surface area (Å²) in [7, 11) is 0. The molecule has 1 atom stereocenters. The monoisotopic (exact) mass is 272 g/mol. The van der Waals surface area contributed by atoms with Crippen LogP contribution in [0.2, 0.25) is 0 Å². The van der Waals surface area contributed by atoms with Gasteiger partial charge in [-0.1, -0.05) is 19.1 Å². The van der Waals surface area contributed by atoms with Crippen LogP contribution < -0.4 is 10.6 Å². The molecule has 1 amide bonds. The highest BCUT2D eigenvalue weighted by molar-refractivity contribution is 5.95. The van der Waals surface area contributed by atoms with Crippen molar-refractivity contribution in [1.29, 1.82) is 0 Å². The van der Waals surface area contributed by atoms with Crippen molar-refractivity contribution in [1.82, 2.24) is 5.32 Å². The molecule has 1 heterocycles. The van der Waals surface area contributed by atoms with Crippen molar-refractivity contribution in [3.63, 3.8) is 0 Å². The van der Waals surface area contributed by atoms with Gasteiger partial charge in [0.1, 0.15) is 0 Å². The number of nitrogens with one attached hydrogen (secondary N) is 2. The van der Waals surface area contributed by atoms with Crippen LogP contribution in [0, 0.1) is 0 Å². The van der Waals surface area contributed by atoms with E-state index in [1.54, 1.807) is 6.07 Å². The van der Waals surface area contributed by atoms with Crippen LogP contribution in [0.1, 0.15) is 30.4 Å².